The van der Waals surface area contributed by atoms with E-state index in [-0.39, 0.29) is 48.9 Å². The Morgan fingerprint density at radius 3 is 0.795 bits per heavy atom. The molecule has 4 nitrogen and oxygen atoms in total. The minimum absolute atomic E-state index is 0. The first-order chi connectivity index (χ1) is 16.1. The van der Waals surface area contributed by atoms with Crippen molar-refractivity contribution < 1.29 is 81.3 Å². The second kappa shape index (κ2) is 12.9. The van der Waals surface area contributed by atoms with E-state index < -0.39 is 82.1 Å². The van der Waals surface area contributed by atoms with Crippen LogP contribution in [-0.4, -0.2) is 96.5 Å². The van der Waals surface area contributed by atoms with Gasteiger partial charge in [0.25, 0.3) is 0 Å². The SMILES string of the molecule is CC(C)(C)/C([O-])=C\C(=O)C(F)(F)C(F)(F)C(F)(F)F.CC(C)(C)/C([O-])=C\C(=O)C(F)(F)C(F)(F)C(F)(F)F.[Ba+2]. The van der Waals surface area contributed by atoms with Crippen molar-refractivity contribution in [2.75, 3.05) is 0 Å². The Balaban J connectivity index is -0.000000648. The van der Waals surface area contributed by atoms with Crippen LogP contribution in [0, 0.1) is 10.8 Å². The number of rotatable bonds is 6. The first-order valence-electron chi connectivity index (χ1n) is 9.62. The molecular formula is C20H20BaF14O4. The van der Waals surface area contributed by atoms with E-state index in [0.29, 0.717) is 0 Å². The van der Waals surface area contributed by atoms with Gasteiger partial charge >= 0.3 is 84.9 Å². The monoisotopic (exact) mass is 728 g/mol. The molecule has 0 atom stereocenters. The zero-order valence-electron chi connectivity index (χ0n) is 20.8. The number of hydrogen-bond donors (Lipinski definition) is 0. The van der Waals surface area contributed by atoms with Crippen LogP contribution in [0.4, 0.5) is 61.5 Å². The second-order valence-corrected chi connectivity index (χ2v) is 9.54. The van der Waals surface area contributed by atoms with Crippen LogP contribution >= 0.6 is 0 Å². The van der Waals surface area contributed by atoms with Gasteiger partial charge in [0, 0.05) is 0 Å². The van der Waals surface area contributed by atoms with Crippen molar-refractivity contribution in [2.24, 2.45) is 10.8 Å². The Hall–Kier alpha value is -0.989. The topological polar surface area (TPSA) is 80.3 Å². The van der Waals surface area contributed by atoms with Crippen LogP contribution in [0.15, 0.2) is 23.7 Å². The molecule has 0 unspecified atom stereocenters. The molecule has 19 heteroatoms. The fourth-order valence-electron chi connectivity index (χ4n) is 1.52. The molecule has 0 rings (SSSR count). The average molecular weight is 728 g/mol. The summed E-state index contributed by atoms with van der Waals surface area (Å²) in [5.41, 5.74) is -2.72. The zero-order chi connectivity index (χ0) is 31.7. The largest absolute Gasteiger partial charge is 2.00 e. The van der Waals surface area contributed by atoms with Gasteiger partial charge in [-0.05, 0) is 23.0 Å². The number of carbonyl (C=O) groups is 2. The molecule has 0 bridgehead atoms. The number of halogens is 14. The molecule has 0 heterocycles. The van der Waals surface area contributed by atoms with Gasteiger partial charge in [0.05, 0.1) is 0 Å². The van der Waals surface area contributed by atoms with Gasteiger partial charge < -0.3 is 10.2 Å². The molecule has 0 aromatic carbocycles. The Kier molecular flexibility index (Phi) is 14.0. The summed E-state index contributed by atoms with van der Waals surface area (Å²) in [7, 11) is 0. The molecule has 39 heavy (non-hydrogen) atoms. The number of ketones is 2. The summed E-state index contributed by atoms with van der Waals surface area (Å²) in [5, 5.41) is 22.3. The molecule has 0 saturated carbocycles. The third-order valence-corrected chi connectivity index (χ3v) is 4.12. The number of allylic oxidation sites excluding steroid dienone is 4. The van der Waals surface area contributed by atoms with Crippen LogP contribution < -0.4 is 10.2 Å². The maximum absolute atomic E-state index is 12.8. The Bertz CT molecular complexity index is 858. The van der Waals surface area contributed by atoms with Crippen molar-refractivity contribution in [3.63, 3.8) is 0 Å². The summed E-state index contributed by atoms with van der Waals surface area (Å²) in [4.78, 5) is 21.6. The van der Waals surface area contributed by atoms with Crippen LogP contribution in [0.1, 0.15) is 41.5 Å². The maximum Gasteiger partial charge on any atom is 2.00 e. The number of hydrogen-bond acceptors (Lipinski definition) is 4. The molecule has 0 aromatic heterocycles. The van der Waals surface area contributed by atoms with Gasteiger partial charge in [-0.15, -0.1) is 11.5 Å². The van der Waals surface area contributed by atoms with E-state index in [4.69, 9.17) is 0 Å². The zero-order valence-corrected chi connectivity index (χ0v) is 25.2. The molecule has 0 fully saturated rings. The first kappa shape index (κ1) is 42.5. The van der Waals surface area contributed by atoms with E-state index in [1.807, 2.05) is 0 Å². The van der Waals surface area contributed by atoms with Gasteiger partial charge in [-0.3, -0.25) is 9.59 Å². The van der Waals surface area contributed by atoms with Gasteiger partial charge in [0.15, 0.2) is 0 Å². The molecule has 0 aliphatic rings. The van der Waals surface area contributed by atoms with Crippen molar-refractivity contribution in [1.82, 2.24) is 0 Å². The molecule has 0 amide bonds. The number of alkyl halides is 14. The summed E-state index contributed by atoms with van der Waals surface area (Å²) in [6.07, 6.45) is -14.1. The molecule has 0 aromatic rings. The van der Waals surface area contributed by atoms with Crippen LogP contribution in [0.5, 0.6) is 0 Å². The fraction of sp³-hybridized carbons (Fsp3) is 0.700. The minimum atomic E-state index is -6.61. The first-order valence-corrected chi connectivity index (χ1v) is 9.62. The van der Waals surface area contributed by atoms with Gasteiger partial charge in [-0.2, -0.15) is 61.5 Å². The standard InChI is InChI=1S/2C10H11F7O2.Ba/c2*1-7(2,3)5(18)4-6(19)8(11,12)9(13,14)10(15,16)17;/h2*4,18H,1-3H3;/q;;+2/p-2/b2*5-4+;. The summed E-state index contributed by atoms with van der Waals surface area (Å²) >= 11 is 0. The molecule has 224 valence electrons. The van der Waals surface area contributed by atoms with E-state index >= 15 is 0 Å². The van der Waals surface area contributed by atoms with Crippen molar-refractivity contribution in [3.8, 4) is 0 Å². The van der Waals surface area contributed by atoms with Gasteiger partial charge in [0.2, 0.25) is 11.6 Å². The Labute approximate surface area is 252 Å². The summed E-state index contributed by atoms with van der Waals surface area (Å²) < 4.78 is 172. The van der Waals surface area contributed by atoms with Crippen LogP contribution in [0.25, 0.3) is 0 Å². The Morgan fingerprint density at radius 2 is 0.667 bits per heavy atom. The van der Waals surface area contributed by atoms with E-state index in [0.717, 1.165) is 0 Å². The van der Waals surface area contributed by atoms with Crippen LogP contribution in [0.2, 0.25) is 0 Å². The normalized spacial score (nSPS) is 15.2. The quantitative estimate of drug-likeness (QED) is 0.168. The summed E-state index contributed by atoms with van der Waals surface area (Å²) in [6, 6.07) is 0. The van der Waals surface area contributed by atoms with Crippen LogP contribution in [-0.2, 0) is 9.59 Å². The van der Waals surface area contributed by atoms with E-state index in [2.05, 4.69) is 0 Å². The molecule has 0 spiro atoms. The molecule has 0 N–H and O–H groups in total. The van der Waals surface area contributed by atoms with Crippen molar-refractivity contribution >= 4 is 60.4 Å². The third kappa shape index (κ3) is 10.1. The summed E-state index contributed by atoms with van der Waals surface area (Å²) in [6.45, 7) is 7.08. The van der Waals surface area contributed by atoms with Crippen molar-refractivity contribution in [1.29, 1.82) is 0 Å². The van der Waals surface area contributed by atoms with Gasteiger partial charge in [-0.25, -0.2) is 0 Å². The molecular weight excluding hydrogens is 708 g/mol. The predicted octanol–water partition coefficient (Wildman–Crippen LogP) is 4.98. The fourth-order valence-corrected chi connectivity index (χ4v) is 1.52. The summed E-state index contributed by atoms with van der Waals surface area (Å²) in [5.74, 6) is -33.5. The maximum atomic E-state index is 12.8. The van der Waals surface area contributed by atoms with Gasteiger partial charge in [0.1, 0.15) is 0 Å². The smallest absolute Gasteiger partial charge is 0.875 e. The minimum Gasteiger partial charge on any atom is -0.875 e. The predicted molar refractivity (Wildman–Crippen MR) is 103 cm³/mol. The van der Waals surface area contributed by atoms with Crippen molar-refractivity contribution in [3.05, 3.63) is 23.7 Å². The van der Waals surface area contributed by atoms with Crippen molar-refractivity contribution in [2.45, 2.75) is 77.6 Å². The Morgan fingerprint density at radius 1 is 0.487 bits per heavy atom. The van der Waals surface area contributed by atoms with Crippen LogP contribution in [0.3, 0.4) is 0 Å². The molecule has 0 saturated heterocycles. The third-order valence-electron chi connectivity index (χ3n) is 4.12. The molecule has 0 aliphatic carbocycles. The molecule has 0 aliphatic heterocycles. The number of carbonyl (C=O) groups excluding carboxylic acids is 2. The average Bonchev–Trinajstić information content (AvgIpc) is 2.64. The molecule has 0 radical (unpaired) electrons. The van der Waals surface area contributed by atoms with E-state index in [1.54, 1.807) is 0 Å². The van der Waals surface area contributed by atoms with E-state index in [1.165, 1.54) is 41.5 Å². The second-order valence-electron chi connectivity index (χ2n) is 9.54. The van der Waals surface area contributed by atoms with E-state index in [9.17, 15) is 81.3 Å². The van der Waals surface area contributed by atoms with Gasteiger partial charge in [-0.1, -0.05) is 41.5 Å².